The van der Waals surface area contributed by atoms with E-state index in [1.54, 1.807) is 13.8 Å². The van der Waals surface area contributed by atoms with E-state index in [2.05, 4.69) is 20.1 Å². The van der Waals surface area contributed by atoms with Gasteiger partial charge in [0, 0.05) is 17.9 Å². The number of carbonyl (C=O) groups is 2. The highest BCUT2D eigenvalue weighted by Gasteiger charge is 2.71. The molecular weight excluding hydrogens is 308 g/mol. The Morgan fingerprint density at radius 3 is 2.75 bits per heavy atom. The molecule has 0 spiro atoms. The summed E-state index contributed by atoms with van der Waals surface area (Å²) in [5, 5.41) is 0. The zero-order valence-corrected chi connectivity index (χ0v) is 14.4. The van der Waals surface area contributed by atoms with E-state index in [0.29, 0.717) is 12.0 Å². The minimum atomic E-state index is -0.442. The molecule has 4 rings (SSSR count). The lowest BCUT2D eigenvalue weighted by Gasteiger charge is -2.31. The van der Waals surface area contributed by atoms with Gasteiger partial charge in [-0.2, -0.15) is 0 Å². The summed E-state index contributed by atoms with van der Waals surface area (Å²) >= 11 is 0. The van der Waals surface area contributed by atoms with Gasteiger partial charge < -0.3 is 14.2 Å². The van der Waals surface area contributed by atoms with E-state index in [4.69, 9.17) is 14.2 Å². The highest BCUT2D eigenvalue weighted by molar-refractivity contribution is 5.91. The molecule has 2 saturated heterocycles. The molecule has 7 unspecified atom stereocenters. The van der Waals surface area contributed by atoms with Crippen molar-refractivity contribution < 1.29 is 23.8 Å². The van der Waals surface area contributed by atoms with Crippen molar-refractivity contribution >= 4 is 11.9 Å². The molecule has 0 N–H and O–H groups in total. The van der Waals surface area contributed by atoms with Gasteiger partial charge in [-0.1, -0.05) is 32.6 Å². The van der Waals surface area contributed by atoms with Crippen LogP contribution < -0.4 is 0 Å². The second kappa shape index (κ2) is 4.94. The van der Waals surface area contributed by atoms with Gasteiger partial charge >= 0.3 is 11.9 Å². The molecule has 2 heterocycles. The van der Waals surface area contributed by atoms with Crippen LogP contribution in [0.4, 0.5) is 0 Å². The van der Waals surface area contributed by atoms with Crippen molar-refractivity contribution in [2.24, 2.45) is 23.7 Å². The molecule has 2 saturated carbocycles. The van der Waals surface area contributed by atoms with E-state index in [-0.39, 0.29) is 53.4 Å². The van der Waals surface area contributed by atoms with Gasteiger partial charge in [0.15, 0.2) is 0 Å². The maximum atomic E-state index is 12.2. The molecule has 0 amide bonds. The molecule has 0 aromatic rings. The summed E-state index contributed by atoms with van der Waals surface area (Å²) in [6, 6.07) is 0. The fourth-order valence-electron chi connectivity index (χ4n) is 4.88. The third kappa shape index (κ3) is 2.03. The lowest BCUT2D eigenvalue weighted by molar-refractivity contribution is -0.156. The summed E-state index contributed by atoms with van der Waals surface area (Å²) < 4.78 is 17.3. The molecule has 4 aliphatic rings. The summed E-state index contributed by atoms with van der Waals surface area (Å²) in [6.07, 6.45) is 0.879. The number of rotatable bonds is 2. The second-order valence-electron chi connectivity index (χ2n) is 8.07. The Balaban J connectivity index is 1.71. The van der Waals surface area contributed by atoms with Crippen LogP contribution in [0.15, 0.2) is 24.3 Å². The lowest BCUT2D eigenvalue weighted by Crippen LogP contribution is -2.41. The predicted molar refractivity (Wildman–Crippen MR) is 85.9 cm³/mol. The standard InChI is InChI=1S/C19H24O5/c1-8(2)17(20)22-12-6-9(3)11-7-13-19(5,24-13)15(11)16-14(12)10(4)18(21)23-16/h8,11-16H,3-4,6-7H2,1-2,5H3. The van der Waals surface area contributed by atoms with Crippen LogP contribution in [-0.4, -0.2) is 35.9 Å². The van der Waals surface area contributed by atoms with E-state index in [1.807, 2.05) is 0 Å². The third-order valence-electron chi connectivity index (χ3n) is 6.28. The summed E-state index contributed by atoms with van der Waals surface area (Å²) in [7, 11) is 0. The molecule has 0 aromatic carbocycles. The highest BCUT2D eigenvalue weighted by atomic mass is 16.6. The molecule has 2 aliphatic carbocycles. The van der Waals surface area contributed by atoms with Crippen LogP contribution >= 0.6 is 0 Å². The van der Waals surface area contributed by atoms with Crippen LogP contribution in [0.2, 0.25) is 0 Å². The monoisotopic (exact) mass is 332 g/mol. The Morgan fingerprint density at radius 2 is 2.08 bits per heavy atom. The Kier molecular flexibility index (Phi) is 3.27. The first-order valence-electron chi connectivity index (χ1n) is 8.69. The van der Waals surface area contributed by atoms with Gasteiger partial charge in [-0.15, -0.1) is 0 Å². The quantitative estimate of drug-likeness (QED) is 0.336. The zero-order chi connectivity index (χ0) is 17.4. The van der Waals surface area contributed by atoms with Crippen LogP contribution in [0.5, 0.6) is 0 Å². The van der Waals surface area contributed by atoms with Crippen molar-refractivity contribution in [1.82, 2.24) is 0 Å². The van der Waals surface area contributed by atoms with Gasteiger partial charge in [-0.05, 0) is 19.3 Å². The van der Waals surface area contributed by atoms with E-state index in [0.717, 1.165) is 12.0 Å². The van der Waals surface area contributed by atoms with Gasteiger partial charge in [-0.3, -0.25) is 4.79 Å². The van der Waals surface area contributed by atoms with Gasteiger partial charge in [0.05, 0.1) is 23.5 Å². The molecule has 5 nitrogen and oxygen atoms in total. The summed E-state index contributed by atoms with van der Waals surface area (Å²) in [5.74, 6) is -0.883. The molecule has 7 atom stereocenters. The van der Waals surface area contributed by atoms with Gasteiger partial charge in [0.25, 0.3) is 0 Å². The maximum absolute atomic E-state index is 12.2. The largest absolute Gasteiger partial charge is 0.461 e. The van der Waals surface area contributed by atoms with Gasteiger partial charge in [0.2, 0.25) is 0 Å². The zero-order valence-electron chi connectivity index (χ0n) is 14.4. The van der Waals surface area contributed by atoms with E-state index in [9.17, 15) is 9.59 Å². The van der Waals surface area contributed by atoms with E-state index < -0.39 is 6.10 Å². The SMILES string of the molecule is C=C1CC(OC(=O)C(C)C)C2C(=C)C(=O)OC2C2C1CC1OC12C. The van der Waals surface area contributed by atoms with Crippen LogP contribution in [0, 0.1) is 23.7 Å². The molecule has 5 heteroatoms. The number of ether oxygens (including phenoxy) is 3. The summed E-state index contributed by atoms with van der Waals surface area (Å²) in [4.78, 5) is 24.3. The van der Waals surface area contributed by atoms with Crippen molar-refractivity contribution in [3.63, 3.8) is 0 Å². The molecule has 2 aliphatic heterocycles. The molecule has 24 heavy (non-hydrogen) atoms. The summed E-state index contributed by atoms with van der Waals surface area (Å²) in [5.41, 5.74) is 1.21. The number of hydrogen-bond acceptors (Lipinski definition) is 5. The predicted octanol–water partition coefficient (Wildman–Crippen LogP) is 2.41. The Labute approximate surface area is 142 Å². The van der Waals surface area contributed by atoms with E-state index in [1.165, 1.54) is 0 Å². The maximum Gasteiger partial charge on any atom is 0.334 e. The van der Waals surface area contributed by atoms with Gasteiger partial charge in [-0.25, -0.2) is 4.79 Å². The molecule has 130 valence electrons. The fourth-order valence-corrected chi connectivity index (χ4v) is 4.88. The van der Waals surface area contributed by atoms with Crippen LogP contribution in [0.25, 0.3) is 0 Å². The van der Waals surface area contributed by atoms with Gasteiger partial charge in [0.1, 0.15) is 12.2 Å². The minimum Gasteiger partial charge on any atom is -0.461 e. The Morgan fingerprint density at radius 1 is 1.38 bits per heavy atom. The first-order valence-corrected chi connectivity index (χ1v) is 8.69. The van der Waals surface area contributed by atoms with E-state index >= 15 is 0 Å². The minimum absolute atomic E-state index is 0.0611. The Bertz CT molecular complexity index is 650. The van der Waals surface area contributed by atoms with Crippen molar-refractivity contribution in [2.75, 3.05) is 0 Å². The second-order valence-corrected chi connectivity index (χ2v) is 8.07. The topological polar surface area (TPSA) is 65.1 Å². The first kappa shape index (κ1) is 15.9. The van der Waals surface area contributed by atoms with Crippen LogP contribution in [0.1, 0.15) is 33.6 Å². The number of epoxide rings is 1. The molecule has 0 aromatic heterocycles. The van der Waals surface area contributed by atoms with Crippen molar-refractivity contribution in [1.29, 1.82) is 0 Å². The number of fused-ring (bicyclic) bond motifs is 5. The number of hydrogen-bond donors (Lipinski definition) is 0. The molecule has 0 radical (unpaired) electrons. The smallest absolute Gasteiger partial charge is 0.334 e. The fraction of sp³-hybridized carbons (Fsp3) is 0.684. The molecule has 4 fully saturated rings. The third-order valence-corrected chi connectivity index (χ3v) is 6.28. The summed E-state index contributed by atoms with van der Waals surface area (Å²) in [6.45, 7) is 13.9. The Hall–Kier alpha value is -1.62. The highest BCUT2D eigenvalue weighted by Crippen LogP contribution is 2.63. The molecule has 0 bridgehead atoms. The van der Waals surface area contributed by atoms with Crippen molar-refractivity contribution in [3.8, 4) is 0 Å². The van der Waals surface area contributed by atoms with Crippen LogP contribution in [0.3, 0.4) is 0 Å². The average Bonchev–Trinajstić information content (AvgIpc) is 2.97. The van der Waals surface area contributed by atoms with Crippen LogP contribution in [-0.2, 0) is 23.8 Å². The normalized spacial score (nSPS) is 46.1. The van der Waals surface area contributed by atoms with Crippen molar-refractivity contribution in [2.45, 2.75) is 57.5 Å². The average molecular weight is 332 g/mol. The molecular formula is C19H24O5. The first-order chi connectivity index (χ1) is 11.2. The number of carbonyl (C=O) groups excluding carboxylic acids is 2. The number of esters is 2. The lowest BCUT2D eigenvalue weighted by atomic mass is 9.78. The van der Waals surface area contributed by atoms with Crippen molar-refractivity contribution in [3.05, 3.63) is 24.3 Å².